The Labute approximate surface area is 123 Å². The number of aryl methyl sites for hydroxylation is 2. The van der Waals surface area contributed by atoms with Crippen molar-refractivity contribution in [3.63, 3.8) is 0 Å². The van der Waals surface area contributed by atoms with E-state index in [1.807, 2.05) is 26.0 Å². The molecule has 0 amide bonds. The van der Waals surface area contributed by atoms with E-state index in [-0.39, 0.29) is 5.82 Å². The first kappa shape index (κ1) is 15.0. The second kappa shape index (κ2) is 5.56. The van der Waals surface area contributed by atoms with Gasteiger partial charge in [-0.15, -0.1) is 0 Å². The zero-order chi connectivity index (χ0) is 15.6. The number of carbonyl (C=O) groups is 1. The van der Waals surface area contributed by atoms with Crippen LogP contribution in [0.15, 0.2) is 42.5 Å². The molecule has 2 N–H and O–H groups in total. The van der Waals surface area contributed by atoms with Crippen LogP contribution in [0.4, 0.5) is 10.1 Å². The van der Waals surface area contributed by atoms with Gasteiger partial charge in [-0.3, -0.25) is 0 Å². The Balaban J connectivity index is 2.42. The molecule has 0 fully saturated rings. The average Bonchev–Trinajstić information content (AvgIpc) is 2.44. The third-order valence-electron chi connectivity index (χ3n) is 3.75. The molecule has 0 saturated carbocycles. The number of benzene rings is 2. The van der Waals surface area contributed by atoms with Gasteiger partial charge in [0.1, 0.15) is 5.82 Å². The lowest BCUT2D eigenvalue weighted by Crippen LogP contribution is -2.40. The van der Waals surface area contributed by atoms with Crippen molar-refractivity contribution >= 4 is 11.7 Å². The van der Waals surface area contributed by atoms with Gasteiger partial charge in [0.2, 0.25) is 0 Å². The van der Waals surface area contributed by atoms with Gasteiger partial charge in [0.25, 0.3) is 0 Å². The Hall–Kier alpha value is -2.36. The standard InChI is InChI=1S/C17H18FNO2/c1-11-4-5-13(10-12(11)2)17(3,16(20)21)19-15-8-6-14(18)7-9-15/h4-10,19H,1-3H3,(H,20,21). The molecule has 21 heavy (non-hydrogen) atoms. The number of rotatable bonds is 4. The fraction of sp³-hybridized carbons (Fsp3) is 0.235. The van der Waals surface area contributed by atoms with E-state index in [0.717, 1.165) is 11.1 Å². The average molecular weight is 287 g/mol. The minimum Gasteiger partial charge on any atom is -0.479 e. The monoisotopic (exact) mass is 287 g/mol. The number of hydrogen-bond acceptors (Lipinski definition) is 2. The molecule has 110 valence electrons. The molecule has 0 aliphatic rings. The van der Waals surface area contributed by atoms with Crippen molar-refractivity contribution in [3.05, 3.63) is 65.0 Å². The van der Waals surface area contributed by atoms with E-state index in [9.17, 15) is 14.3 Å². The summed E-state index contributed by atoms with van der Waals surface area (Å²) in [6.07, 6.45) is 0. The molecule has 0 spiro atoms. The first-order chi connectivity index (χ1) is 9.83. The number of halogens is 1. The predicted molar refractivity (Wildman–Crippen MR) is 80.9 cm³/mol. The Bertz CT molecular complexity index is 667. The van der Waals surface area contributed by atoms with E-state index in [0.29, 0.717) is 11.3 Å². The Morgan fingerprint density at radius 1 is 1.10 bits per heavy atom. The SMILES string of the molecule is Cc1ccc(C(C)(Nc2ccc(F)cc2)C(=O)O)cc1C. The van der Waals surface area contributed by atoms with Crippen LogP contribution in [0.3, 0.4) is 0 Å². The van der Waals surface area contributed by atoms with Crippen molar-refractivity contribution < 1.29 is 14.3 Å². The highest BCUT2D eigenvalue weighted by molar-refractivity contribution is 5.84. The van der Waals surface area contributed by atoms with Crippen LogP contribution in [-0.4, -0.2) is 11.1 Å². The van der Waals surface area contributed by atoms with Crippen molar-refractivity contribution in [2.45, 2.75) is 26.3 Å². The molecule has 2 rings (SSSR count). The van der Waals surface area contributed by atoms with Gasteiger partial charge < -0.3 is 10.4 Å². The number of carboxylic acids is 1. The van der Waals surface area contributed by atoms with E-state index in [1.54, 1.807) is 13.0 Å². The van der Waals surface area contributed by atoms with Crippen molar-refractivity contribution in [3.8, 4) is 0 Å². The van der Waals surface area contributed by atoms with Crippen LogP contribution < -0.4 is 5.32 Å². The third kappa shape index (κ3) is 3.05. The van der Waals surface area contributed by atoms with E-state index >= 15 is 0 Å². The molecule has 0 saturated heterocycles. The fourth-order valence-electron chi connectivity index (χ4n) is 2.12. The van der Waals surface area contributed by atoms with Crippen molar-refractivity contribution in [2.24, 2.45) is 0 Å². The maximum Gasteiger partial charge on any atom is 0.333 e. The van der Waals surface area contributed by atoms with Gasteiger partial charge in [0.05, 0.1) is 0 Å². The Morgan fingerprint density at radius 2 is 1.71 bits per heavy atom. The third-order valence-corrected chi connectivity index (χ3v) is 3.75. The number of hydrogen-bond donors (Lipinski definition) is 2. The van der Waals surface area contributed by atoms with E-state index in [1.165, 1.54) is 24.3 Å². The molecule has 0 radical (unpaired) electrons. The molecule has 3 nitrogen and oxygen atoms in total. The number of carboxylic acid groups (broad SMARTS) is 1. The summed E-state index contributed by atoms with van der Waals surface area (Å²) < 4.78 is 13.0. The van der Waals surface area contributed by atoms with Gasteiger partial charge in [-0.25, -0.2) is 9.18 Å². The van der Waals surface area contributed by atoms with Gasteiger partial charge in [-0.05, 0) is 61.7 Å². The van der Waals surface area contributed by atoms with Crippen molar-refractivity contribution in [1.82, 2.24) is 0 Å². The summed E-state index contributed by atoms with van der Waals surface area (Å²) in [5.74, 6) is -1.35. The largest absolute Gasteiger partial charge is 0.479 e. The zero-order valence-corrected chi connectivity index (χ0v) is 12.3. The summed E-state index contributed by atoms with van der Waals surface area (Å²) >= 11 is 0. The topological polar surface area (TPSA) is 49.3 Å². The summed E-state index contributed by atoms with van der Waals surface area (Å²) in [5.41, 5.74) is 2.06. The second-order valence-corrected chi connectivity index (χ2v) is 5.36. The Kier molecular flexibility index (Phi) is 3.98. The predicted octanol–water partition coefficient (Wildman–Crippen LogP) is 3.85. The van der Waals surface area contributed by atoms with Crippen molar-refractivity contribution in [2.75, 3.05) is 5.32 Å². The maximum absolute atomic E-state index is 13.0. The summed E-state index contributed by atoms with van der Waals surface area (Å²) in [6.45, 7) is 5.52. The maximum atomic E-state index is 13.0. The van der Waals surface area contributed by atoms with Gasteiger partial charge in [-0.1, -0.05) is 18.2 Å². The molecule has 0 aliphatic heterocycles. The van der Waals surface area contributed by atoms with Crippen LogP contribution in [0.5, 0.6) is 0 Å². The molecule has 2 aromatic carbocycles. The van der Waals surface area contributed by atoms with Crippen LogP contribution in [0.1, 0.15) is 23.6 Å². The van der Waals surface area contributed by atoms with Gasteiger partial charge >= 0.3 is 5.97 Å². The molecule has 0 bridgehead atoms. The fourth-order valence-corrected chi connectivity index (χ4v) is 2.12. The molecule has 1 unspecified atom stereocenters. The lowest BCUT2D eigenvalue weighted by Gasteiger charge is -2.28. The smallest absolute Gasteiger partial charge is 0.333 e. The van der Waals surface area contributed by atoms with Crippen LogP contribution in [0, 0.1) is 19.7 Å². The molecular weight excluding hydrogens is 269 g/mol. The van der Waals surface area contributed by atoms with Crippen LogP contribution in [0.2, 0.25) is 0 Å². The lowest BCUT2D eigenvalue weighted by molar-refractivity contribution is -0.142. The highest BCUT2D eigenvalue weighted by Crippen LogP contribution is 2.28. The molecular formula is C17H18FNO2. The lowest BCUT2D eigenvalue weighted by atomic mass is 9.89. The molecule has 1 atom stereocenters. The highest BCUT2D eigenvalue weighted by atomic mass is 19.1. The van der Waals surface area contributed by atoms with Gasteiger partial charge in [0, 0.05) is 5.69 Å². The first-order valence-corrected chi connectivity index (χ1v) is 6.68. The van der Waals surface area contributed by atoms with Crippen LogP contribution in [0.25, 0.3) is 0 Å². The Morgan fingerprint density at radius 3 is 2.24 bits per heavy atom. The molecule has 2 aromatic rings. The zero-order valence-electron chi connectivity index (χ0n) is 12.3. The summed E-state index contributed by atoms with van der Waals surface area (Å²) in [5, 5.41) is 12.6. The minimum absolute atomic E-state index is 0.358. The van der Waals surface area contributed by atoms with Crippen molar-refractivity contribution in [1.29, 1.82) is 0 Å². The number of anilines is 1. The van der Waals surface area contributed by atoms with E-state index in [2.05, 4.69) is 5.32 Å². The number of nitrogens with one attached hydrogen (secondary N) is 1. The normalized spacial score (nSPS) is 13.5. The quantitative estimate of drug-likeness (QED) is 0.898. The highest BCUT2D eigenvalue weighted by Gasteiger charge is 2.35. The second-order valence-electron chi connectivity index (χ2n) is 5.36. The summed E-state index contributed by atoms with van der Waals surface area (Å²) in [6, 6.07) is 11.2. The van der Waals surface area contributed by atoms with E-state index < -0.39 is 11.5 Å². The number of aliphatic carboxylic acids is 1. The minimum atomic E-state index is -1.28. The molecule has 4 heteroatoms. The molecule has 0 aromatic heterocycles. The van der Waals surface area contributed by atoms with Gasteiger partial charge in [0.15, 0.2) is 5.54 Å². The summed E-state index contributed by atoms with van der Waals surface area (Å²) in [4.78, 5) is 11.8. The van der Waals surface area contributed by atoms with Crippen LogP contribution in [-0.2, 0) is 10.3 Å². The van der Waals surface area contributed by atoms with Crippen LogP contribution >= 0.6 is 0 Å². The first-order valence-electron chi connectivity index (χ1n) is 6.68. The molecule has 0 heterocycles. The van der Waals surface area contributed by atoms with Gasteiger partial charge in [-0.2, -0.15) is 0 Å². The molecule has 0 aliphatic carbocycles. The summed E-state index contributed by atoms with van der Waals surface area (Å²) in [7, 11) is 0. The van der Waals surface area contributed by atoms with E-state index in [4.69, 9.17) is 0 Å².